The third kappa shape index (κ3) is 5.29. The molecule has 1 saturated heterocycles. The van der Waals surface area contributed by atoms with Gasteiger partial charge in [-0.25, -0.2) is 9.97 Å². The molecule has 9 heteroatoms. The topological polar surface area (TPSA) is 128 Å². The van der Waals surface area contributed by atoms with Crippen molar-refractivity contribution in [2.24, 2.45) is 5.73 Å². The first-order chi connectivity index (χ1) is 14.1. The van der Waals surface area contributed by atoms with Crippen molar-refractivity contribution in [1.29, 1.82) is 0 Å². The second-order valence-electron chi connectivity index (χ2n) is 6.41. The number of hydrogen-bond acceptors (Lipinski definition) is 7. The first kappa shape index (κ1) is 20.3. The lowest BCUT2D eigenvalue weighted by Gasteiger charge is -2.23. The molecule has 1 aliphatic heterocycles. The van der Waals surface area contributed by atoms with Gasteiger partial charge in [0.25, 0.3) is 11.8 Å². The minimum Gasteiger partial charge on any atom is -0.481 e. The minimum absolute atomic E-state index is 0.102. The van der Waals surface area contributed by atoms with Gasteiger partial charge in [-0.2, -0.15) is 0 Å². The maximum absolute atomic E-state index is 12.6. The highest BCUT2D eigenvalue weighted by atomic mass is 16.5. The molecule has 4 N–H and O–H groups in total. The van der Waals surface area contributed by atoms with Crippen molar-refractivity contribution in [1.82, 2.24) is 15.3 Å². The monoisotopic (exact) mass is 397 g/mol. The number of carbonyl (C=O) groups excluding carboxylic acids is 2. The fraction of sp³-hybridized carbons (Fsp3) is 0.300. The van der Waals surface area contributed by atoms with Crippen LogP contribution in [0.1, 0.15) is 28.8 Å². The molecule has 9 nitrogen and oxygen atoms in total. The van der Waals surface area contributed by atoms with Crippen LogP contribution in [0, 0.1) is 0 Å². The van der Waals surface area contributed by atoms with E-state index in [1.807, 2.05) is 0 Å². The number of aromatic nitrogens is 2. The summed E-state index contributed by atoms with van der Waals surface area (Å²) in [5.74, 6) is 0.0343. The molecular weight excluding hydrogens is 374 g/mol. The fourth-order valence-electron chi connectivity index (χ4n) is 2.89. The number of carbonyl (C=O) groups is 2. The van der Waals surface area contributed by atoms with E-state index in [9.17, 15) is 9.59 Å². The Kier molecular flexibility index (Phi) is 6.75. The van der Waals surface area contributed by atoms with Gasteiger partial charge in [0.2, 0.25) is 5.88 Å². The number of amides is 2. The zero-order chi connectivity index (χ0) is 20.6. The number of nitrogens with two attached hydrogens (primary N) is 1. The fourth-order valence-corrected chi connectivity index (χ4v) is 2.89. The van der Waals surface area contributed by atoms with E-state index >= 15 is 0 Å². The van der Waals surface area contributed by atoms with Gasteiger partial charge in [-0.3, -0.25) is 9.59 Å². The van der Waals surface area contributed by atoms with Gasteiger partial charge in [-0.05, 0) is 36.6 Å². The largest absolute Gasteiger partial charge is 0.481 e. The molecule has 0 unspecified atom stereocenters. The van der Waals surface area contributed by atoms with Crippen molar-refractivity contribution in [2.75, 3.05) is 25.6 Å². The highest BCUT2D eigenvalue weighted by molar-refractivity contribution is 6.25. The molecule has 2 aromatic rings. The smallest absolute Gasteiger partial charge is 0.258 e. The molecule has 0 aromatic carbocycles. The van der Waals surface area contributed by atoms with E-state index in [1.54, 1.807) is 24.3 Å². The van der Waals surface area contributed by atoms with Gasteiger partial charge in [-0.15, -0.1) is 0 Å². The normalized spacial score (nSPS) is 14.9. The highest BCUT2D eigenvalue weighted by Crippen LogP contribution is 2.19. The average molecular weight is 397 g/mol. The Morgan fingerprint density at radius 1 is 1.21 bits per heavy atom. The zero-order valence-corrected chi connectivity index (χ0v) is 16.1. The Hall–Kier alpha value is -3.46. The van der Waals surface area contributed by atoms with Gasteiger partial charge in [0.1, 0.15) is 5.82 Å². The molecule has 0 spiro atoms. The van der Waals surface area contributed by atoms with Crippen molar-refractivity contribution in [3.8, 4) is 5.88 Å². The first-order valence-electron chi connectivity index (χ1n) is 9.19. The Balaban J connectivity index is 1.63. The molecule has 3 rings (SSSR count). The van der Waals surface area contributed by atoms with Crippen LogP contribution in [-0.4, -0.2) is 48.1 Å². The lowest BCUT2D eigenvalue weighted by molar-refractivity contribution is -0.111. The van der Waals surface area contributed by atoms with E-state index < -0.39 is 5.91 Å². The lowest BCUT2D eigenvalue weighted by Crippen LogP contribution is -2.38. The summed E-state index contributed by atoms with van der Waals surface area (Å²) >= 11 is 0. The standard InChI is InChI=1S/C20H23N5O4/c1-28-18-10-13(4-7-22-18)16(11-21)20(27)25-17-3-2-14(12-23-17)19(26)24-15-5-8-29-9-6-15/h2-4,7,10-12,15H,5-6,8-9,21H2,1H3,(H,24,26)(H,23,25,27). The number of nitrogens with zero attached hydrogens (tertiary/aromatic N) is 2. The van der Waals surface area contributed by atoms with Gasteiger partial charge in [0.05, 0.1) is 18.2 Å². The molecule has 1 fully saturated rings. The summed E-state index contributed by atoms with van der Waals surface area (Å²) < 4.78 is 10.4. The van der Waals surface area contributed by atoms with E-state index in [1.165, 1.54) is 25.7 Å². The molecule has 0 aliphatic carbocycles. The van der Waals surface area contributed by atoms with Crippen LogP contribution >= 0.6 is 0 Å². The van der Waals surface area contributed by atoms with Crippen molar-refractivity contribution >= 4 is 23.2 Å². The van der Waals surface area contributed by atoms with Gasteiger partial charge >= 0.3 is 0 Å². The quantitative estimate of drug-likeness (QED) is 0.627. The van der Waals surface area contributed by atoms with Gasteiger partial charge in [-0.1, -0.05) is 0 Å². The number of pyridine rings is 2. The molecule has 29 heavy (non-hydrogen) atoms. The maximum atomic E-state index is 12.6. The number of methoxy groups -OCH3 is 1. The molecule has 3 heterocycles. The minimum atomic E-state index is -0.437. The van der Waals surface area contributed by atoms with Gasteiger partial charge < -0.3 is 25.8 Å². The van der Waals surface area contributed by atoms with Crippen LogP contribution in [-0.2, 0) is 9.53 Å². The van der Waals surface area contributed by atoms with Crippen LogP contribution < -0.4 is 21.1 Å². The van der Waals surface area contributed by atoms with Gasteiger partial charge in [0.15, 0.2) is 0 Å². The molecular formula is C20H23N5O4. The molecule has 2 amide bonds. The average Bonchev–Trinajstić information content (AvgIpc) is 2.75. The highest BCUT2D eigenvalue weighted by Gasteiger charge is 2.18. The molecule has 0 atom stereocenters. The second kappa shape index (κ2) is 9.65. The summed E-state index contributed by atoms with van der Waals surface area (Å²) in [4.78, 5) is 33.1. The third-order valence-electron chi connectivity index (χ3n) is 4.49. The molecule has 0 saturated carbocycles. The molecule has 0 bridgehead atoms. The van der Waals surface area contributed by atoms with Crippen molar-refractivity contribution < 1.29 is 19.1 Å². The van der Waals surface area contributed by atoms with Crippen LogP contribution in [0.3, 0.4) is 0 Å². The Morgan fingerprint density at radius 2 is 2.00 bits per heavy atom. The second-order valence-corrected chi connectivity index (χ2v) is 6.41. The maximum Gasteiger partial charge on any atom is 0.258 e. The van der Waals surface area contributed by atoms with Crippen LogP contribution in [0.15, 0.2) is 42.9 Å². The summed E-state index contributed by atoms with van der Waals surface area (Å²) in [6.07, 6.45) is 5.74. The Labute approximate surface area is 168 Å². The first-order valence-corrected chi connectivity index (χ1v) is 9.19. The van der Waals surface area contributed by atoms with E-state index in [2.05, 4.69) is 20.6 Å². The number of nitrogens with one attached hydrogen (secondary N) is 2. The Morgan fingerprint density at radius 3 is 2.66 bits per heavy atom. The summed E-state index contributed by atoms with van der Waals surface area (Å²) in [6.45, 7) is 1.29. The van der Waals surface area contributed by atoms with E-state index in [-0.39, 0.29) is 17.5 Å². The van der Waals surface area contributed by atoms with Crippen molar-refractivity contribution in [3.63, 3.8) is 0 Å². The molecule has 152 valence electrons. The molecule has 1 aliphatic rings. The van der Waals surface area contributed by atoms with E-state index in [0.717, 1.165) is 12.8 Å². The summed E-state index contributed by atoms with van der Waals surface area (Å²) in [7, 11) is 1.49. The molecule has 2 aromatic heterocycles. The van der Waals surface area contributed by atoms with E-state index in [4.69, 9.17) is 15.2 Å². The number of rotatable bonds is 6. The third-order valence-corrected chi connectivity index (χ3v) is 4.49. The summed E-state index contributed by atoms with van der Waals surface area (Å²) in [6, 6.07) is 6.54. The van der Waals surface area contributed by atoms with Crippen LogP contribution in [0.2, 0.25) is 0 Å². The SMILES string of the molecule is COc1cc(C(=CN)C(=O)Nc2ccc(C(=O)NC3CCOCC3)cn2)ccn1. The van der Waals surface area contributed by atoms with Crippen molar-refractivity contribution in [2.45, 2.75) is 18.9 Å². The summed E-state index contributed by atoms with van der Waals surface area (Å²) in [5.41, 5.74) is 6.86. The Bertz CT molecular complexity index is 892. The molecule has 0 radical (unpaired) electrons. The van der Waals surface area contributed by atoms with Crippen molar-refractivity contribution in [3.05, 3.63) is 54.0 Å². The number of hydrogen-bond donors (Lipinski definition) is 3. The lowest BCUT2D eigenvalue weighted by atomic mass is 10.1. The predicted octanol–water partition coefficient (Wildman–Crippen LogP) is 1.33. The van der Waals surface area contributed by atoms with Crippen LogP contribution in [0.4, 0.5) is 5.82 Å². The zero-order valence-electron chi connectivity index (χ0n) is 16.1. The number of anilines is 1. The van der Waals surface area contributed by atoms with Gasteiger partial charge in [0, 0.05) is 43.9 Å². The predicted molar refractivity (Wildman–Crippen MR) is 107 cm³/mol. The number of ether oxygens (including phenoxy) is 2. The van der Waals surface area contributed by atoms with Crippen LogP contribution in [0.25, 0.3) is 5.57 Å². The van der Waals surface area contributed by atoms with Crippen LogP contribution in [0.5, 0.6) is 5.88 Å². The summed E-state index contributed by atoms with van der Waals surface area (Å²) in [5, 5.41) is 5.63. The van der Waals surface area contributed by atoms with E-state index in [0.29, 0.717) is 36.0 Å².